The first-order valence-electron chi connectivity index (χ1n) is 2.76. The van der Waals surface area contributed by atoms with Gasteiger partial charge in [0.05, 0.1) is 0 Å². The Labute approximate surface area is 66.7 Å². The third kappa shape index (κ3) is 3.45. The third-order valence-corrected chi connectivity index (χ3v) is 0.812. The van der Waals surface area contributed by atoms with E-state index in [2.05, 4.69) is 12.3 Å². The summed E-state index contributed by atoms with van der Waals surface area (Å²) in [5.74, 6) is -5.24. The van der Waals surface area contributed by atoms with E-state index in [0.29, 0.717) is 6.20 Å². The van der Waals surface area contributed by atoms with Crippen LogP contribution in [0.2, 0.25) is 0 Å². The molecule has 12 heavy (non-hydrogen) atoms. The Balaban J connectivity index is 4.14. The zero-order valence-electron chi connectivity index (χ0n) is 5.93. The molecule has 0 rings (SSSR count). The fraction of sp³-hybridized carbons (Fsp3) is 0. The largest absolute Gasteiger partial charge is 0.364 e. The van der Waals surface area contributed by atoms with Crippen LogP contribution in [0, 0.1) is 0 Å². The molecule has 0 spiro atoms. The van der Waals surface area contributed by atoms with Crippen molar-refractivity contribution in [1.82, 2.24) is 5.32 Å². The summed E-state index contributed by atoms with van der Waals surface area (Å²) < 4.78 is 24.0. The Hall–Kier alpha value is -1.72. The van der Waals surface area contributed by atoms with Gasteiger partial charge in [0.15, 0.2) is 5.83 Å². The molecule has 0 saturated carbocycles. The summed E-state index contributed by atoms with van der Waals surface area (Å²) in [6, 6.07) is 0. The number of primary amides is 1. The van der Waals surface area contributed by atoms with Crippen molar-refractivity contribution in [2.24, 2.45) is 5.73 Å². The molecule has 0 aliphatic rings. The van der Waals surface area contributed by atoms with Gasteiger partial charge in [0, 0.05) is 6.20 Å². The van der Waals surface area contributed by atoms with E-state index in [0.717, 1.165) is 0 Å². The van der Waals surface area contributed by atoms with Crippen LogP contribution in [0.1, 0.15) is 0 Å². The van der Waals surface area contributed by atoms with Crippen LogP contribution in [0.15, 0.2) is 24.4 Å². The number of nitrogens with two attached hydrogens (primary N) is 1. The maximum atomic E-state index is 12.2. The molecule has 0 aromatic rings. The van der Waals surface area contributed by atoms with Crippen LogP contribution in [0.5, 0.6) is 0 Å². The van der Waals surface area contributed by atoms with E-state index in [1.165, 1.54) is 0 Å². The molecule has 6 heteroatoms. The fourth-order valence-corrected chi connectivity index (χ4v) is 0.278. The van der Waals surface area contributed by atoms with E-state index in [1.807, 2.05) is 0 Å². The summed E-state index contributed by atoms with van der Waals surface area (Å²) in [7, 11) is 0. The Morgan fingerprint density at radius 3 is 2.25 bits per heavy atom. The highest BCUT2D eigenvalue weighted by molar-refractivity contribution is 5.93. The van der Waals surface area contributed by atoms with Crippen molar-refractivity contribution in [2.45, 2.75) is 0 Å². The highest BCUT2D eigenvalue weighted by Gasteiger charge is 2.06. The van der Waals surface area contributed by atoms with Crippen molar-refractivity contribution >= 4 is 11.8 Å². The molecule has 0 saturated heterocycles. The smallest absolute Gasteiger partial charge is 0.283 e. The average molecular weight is 176 g/mol. The molecule has 4 nitrogen and oxygen atoms in total. The summed E-state index contributed by atoms with van der Waals surface area (Å²) in [5, 5.41) is 1.61. The fourth-order valence-electron chi connectivity index (χ4n) is 0.278. The quantitative estimate of drug-likeness (QED) is 0.588. The Morgan fingerprint density at radius 1 is 1.42 bits per heavy atom. The first kappa shape index (κ1) is 10.3. The lowest BCUT2D eigenvalue weighted by molar-refractivity contribution is -0.117. The standard InChI is InChI=1S/C6H6F2N2O2/c1-3(7)6(12)10-2-4(8)5(9)11/h2H,1H2,(H2,9,11)(H,10,12). The van der Waals surface area contributed by atoms with Gasteiger partial charge in [0.2, 0.25) is 5.83 Å². The van der Waals surface area contributed by atoms with Crippen LogP contribution in [-0.2, 0) is 9.59 Å². The summed E-state index contributed by atoms with van der Waals surface area (Å²) in [6.07, 6.45) is 0.357. The second-order valence-electron chi connectivity index (χ2n) is 1.73. The molecular weight excluding hydrogens is 170 g/mol. The van der Waals surface area contributed by atoms with Crippen molar-refractivity contribution in [3.63, 3.8) is 0 Å². The monoisotopic (exact) mass is 176 g/mol. The van der Waals surface area contributed by atoms with Gasteiger partial charge in [-0.05, 0) is 0 Å². The molecule has 0 fully saturated rings. The molecule has 0 heterocycles. The summed E-state index contributed by atoms with van der Waals surface area (Å²) in [5.41, 5.74) is 4.45. The summed E-state index contributed by atoms with van der Waals surface area (Å²) in [6.45, 7) is 2.63. The molecule has 0 unspecified atom stereocenters. The van der Waals surface area contributed by atoms with Crippen molar-refractivity contribution in [3.05, 3.63) is 24.4 Å². The first-order valence-corrected chi connectivity index (χ1v) is 2.76. The highest BCUT2D eigenvalue weighted by atomic mass is 19.1. The number of carbonyl (C=O) groups is 2. The topological polar surface area (TPSA) is 72.2 Å². The summed E-state index contributed by atoms with van der Waals surface area (Å²) >= 11 is 0. The molecule has 3 N–H and O–H groups in total. The maximum absolute atomic E-state index is 12.2. The predicted octanol–water partition coefficient (Wildman–Crippen LogP) is -0.118. The van der Waals surface area contributed by atoms with Crippen LogP contribution in [0.25, 0.3) is 0 Å². The third-order valence-electron chi connectivity index (χ3n) is 0.812. The Kier molecular flexibility index (Phi) is 3.61. The van der Waals surface area contributed by atoms with Crippen molar-refractivity contribution in [1.29, 1.82) is 0 Å². The molecule has 0 aliphatic heterocycles. The van der Waals surface area contributed by atoms with Gasteiger partial charge in [0.1, 0.15) is 0 Å². The number of nitrogens with one attached hydrogen (secondary N) is 1. The second-order valence-corrected chi connectivity index (χ2v) is 1.73. The Bertz CT molecular complexity index is 260. The summed E-state index contributed by atoms with van der Waals surface area (Å²) in [4.78, 5) is 20.3. The van der Waals surface area contributed by atoms with Gasteiger partial charge in [-0.1, -0.05) is 6.58 Å². The molecule has 0 bridgehead atoms. The van der Waals surface area contributed by atoms with Gasteiger partial charge in [0.25, 0.3) is 11.8 Å². The van der Waals surface area contributed by atoms with Crippen LogP contribution >= 0.6 is 0 Å². The van der Waals surface area contributed by atoms with E-state index < -0.39 is 23.5 Å². The van der Waals surface area contributed by atoms with Gasteiger partial charge < -0.3 is 11.1 Å². The normalized spacial score (nSPS) is 10.7. The van der Waals surface area contributed by atoms with Gasteiger partial charge in [-0.15, -0.1) is 0 Å². The SMILES string of the molecule is C=C(F)C(=O)NC=C(F)C(N)=O. The minimum absolute atomic E-state index is 0.357. The highest BCUT2D eigenvalue weighted by Crippen LogP contribution is 1.93. The van der Waals surface area contributed by atoms with E-state index in [4.69, 9.17) is 0 Å². The van der Waals surface area contributed by atoms with Crippen molar-refractivity contribution in [2.75, 3.05) is 0 Å². The molecular formula is C6H6F2N2O2. The zero-order valence-corrected chi connectivity index (χ0v) is 5.93. The maximum Gasteiger partial charge on any atom is 0.283 e. The van der Waals surface area contributed by atoms with Gasteiger partial charge in [-0.2, -0.15) is 4.39 Å². The molecule has 0 aliphatic carbocycles. The molecule has 0 aromatic carbocycles. The van der Waals surface area contributed by atoms with E-state index >= 15 is 0 Å². The van der Waals surface area contributed by atoms with Gasteiger partial charge in [-0.25, -0.2) is 4.39 Å². The second kappa shape index (κ2) is 4.22. The van der Waals surface area contributed by atoms with E-state index in [1.54, 1.807) is 5.32 Å². The number of halogens is 2. The van der Waals surface area contributed by atoms with Crippen LogP contribution < -0.4 is 11.1 Å². The lowest BCUT2D eigenvalue weighted by Gasteiger charge is -1.94. The van der Waals surface area contributed by atoms with E-state index in [9.17, 15) is 18.4 Å². The van der Waals surface area contributed by atoms with Crippen molar-refractivity contribution in [3.8, 4) is 0 Å². The van der Waals surface area contributed by atoms with Crippen LogP contribution in [0.3, 0.4) is 0 Å². The number of hydrogen-bond donors (Lipinski definition) is 2. The first-order chi connectivity index (χ1) is 5.45. The van der Waals surface area contributed by atoms with Gasteiger partial charge >= 0.3 is 0 Å². The molecule has 0 atom stereocenters. The number of rotatable bonds is 3. The number of amides is 2. The Morgan fingerprint density at radius 2 is 1.92 bits per heavy atom. The molecule has 66 valence electrons. The van der Waals surface area contributed by atoms with Gasteiger partial charge in [-0.3, -0.25) is 9.59 Å². The molecule has 0 aromatic heterocycles. The minimum atomic E-state index is -1.37. The zero-order chi connectivity index (χ0) is 9.72. The lowest BCUT2D eigenvalue weighted by atomic mass is 10.5. The van der Waals surface area contributed by atoms with Crippen molar-refractivity contribution < 1.29 is 18.4 Å². The predicted molar refractivity (Wildman–Crippen MR) is 36.8 cm³/mol. The minimum Gasteiger partial charge on any atom is -0.364 e. The van der Waals surface area contributed by atoms with Crippen LogP contribution in [-0.4, -0.2) is 11.8 Å². The number of hydrogen-bond acceptors (Lipinski definition) is 2. The average Bonchev–Trinajstić information content (AvgIpc) is 1.98. The van der Waals surface area contributed by atoms with Crippen LogP contribution in [0.4, 0.5) is 8.78 Å². The molecule has 0 radical (unpaired) electrons. The van der Waals surface area contributed by atoms with E-state index in [-0.39, 0.29) is 0 Å². The number of carbonyl (C=O) groups excluding carboxylic acids is 2. The lowest BCUT2D eigenvalue weighted by Crippen LogP contribution is -2.20. The molecule has 2 amide bonds.